The highest BCUT2D eigenvalue weighted by molar-refractivity contribution is 7.91. The average molecular weight is 457 g/mol. The van der Waals surface area contributed by atoms with Crippen molar-refractivity contribution >= 4 is 32.4 Å². The number of hydrogen-bond acceptors (Lipinski definition) is 5. The molecule has 3 rings (SSSR count). The molecule has 6 nitrogen and oxygen atoms in total. The molecule has 7 heteroatoms. The Morgan fingerprint density at radius 1 is 1.03 bits per heavy atom. The van der Waals surface area contributed by atoms with E-state index >= 15 is 0 Å². The molecule has 0 aliphatic carbocycles. The highest BCUT2D eigenvalue weighted by Crippen LogP contribution is 2.29. The van der Waals surface area contributed by atoms with Crippen LogP contribution in [0.4, 0.5) is 5.69 Å². The quantitative estimate of drug-likeness (QED) is 0.461. The van der Waals surface area contributed by atoms with Crippen LogP contribution < -0.4 is 5.32 Å². The highest BCUT2D eigenvalue weighted by atomic mass is 32.2. The summed E-state index contributed by atoms with van der Waals surface area (Å²) in [5.74, 6) is 0.715. The number of fused-ring (bicyclic) bond motifs is 1. The third-order valence-electron chi connectivity index (χ3n) is 5.77. The Balaban J connectivity index is 1.78. The van der Waals surface area contributed by atoms with Crippen LogP contribution in [0.3, 0.4) is 0 Å². The molecule has 0 aliphatic rings. The number of hydrogen-bond donors (Lipinski definition) is 1. The normalized spacial score (nSPS) is 11.9. The number of nitrogens with zero attached hydrogens (tertiary/aromatic N) is 1. The van der Waals surface area contributed by atoms with Gasteiger partial charge in [-0.05, 0) is 75.3 Å². The number of rotatable bonds is 10. The molecular formula is C25H32N2O4S. The third kappa shape index (κ3) is 5.40. The topological polar surface area (TPSA) is 79.6 Å². The van der Waals surface area contributed by atoms with Crippen LogP contribution >= 0.6 is 0 Å². The number of carbonyl (C=O) groups excluding carboxylic acids is 1. The number of furan rings is 1. The minimum absolute atomic E-state index is 0.0965. The highest BCUT2D eigenvalue weighted by Gasteiger charge is 2.16. The van der Waals surface area contributed by atoms with E-state index in [0.717, 1.165) is 48.3 Å². The lowest BCUT2D eigenvalue weighted by Crippen LogP contribution is -2.25. The predicted molar refractivity (Wildman–Crippen MR) is 129 cm³/mol. The van der Waals surface area contributed by atoms with Gasteiger partial charge in [0.1, 0.15) is 11.3 Å². The summed E-state index contributed by atoms with van der Waals surface area (Å²) in [6.45, 7) is 11.1. The molecule has 1 heterocycles. The summed E-state index contributed by atoms with van der Waals surface area (Å²) in [6, 6.07) is 11.7. The van der Waals surface area contributed by atoms with E-state index < -0.39 is 9.84 Å². The number of amides is 1. The summed E-state index contributed by atoms with van der Waals surface area (Å²) in [5, 5.41) is 3.92. The van der Waals surface area contributed by atoms with Crippen molar-refractivity contribution in [1.82, 2.24) is 4.90 Å². The number of nitrogens with one attached hydrogen (secondary N) is 1. The molecule has 1 N–H and O–H groups in total. The van der Waals surface area contributed by atoms with Crippen molar-refractivity contribution in [2.75, 3.05) is 30.7 Å². The molecule has 0 aliphatic heterocycles. The van der Waals surface area contributed by atoms with Crippen LogP contribution in [0.25, 0.3) is 11.0 Å². The molecule has 32 heavy (non-hydrogen) atoms. The maximum absolute atomic E-state index is 12.7. The molecule has 2 aromatic carbocycles. The van der Waals surface area contributed by atoms with Gasteiger partial charge in [0, 0.05) is 28.7 Å². The van der Waals surface area contributed by atoms with E-state index in [1.807, 2.05) is 32.0 Å². The molecule has 0 unspecified atom stereocenters. The molecule has 0 atom stereocenters. The molecule has 1 amide bonds. The molecule has 172 valence electrons. The van der Waals surface area contributed by atoms with E-state index in [4.69, 9.17) is 4.42 Å². The molecule has 3 aromatic rings. The van der Waals surface area contributed by atoms with Crippen LogP contribution in [-0.2, 0) is 16.3 Å². The van der Waals surface area contributed by atoms with Crippen molar-refractivity contribution < 1.29 is 17.6 Å². The zero-order valence-corrected chi connectivity index (χ0v) is 20.1. The Morgan fingerprint density at radius 2 is 1.72 bits per heavy atom. The van der Waals surface area contributed by atoms with E-state index in [1.165, 1.54) is 12.1 Å². The maximum atomic E-state index is 12.7. The first kappa shape index (κ1) is 24.0. The largest absolute Gasteiger partial charge is 0.461 e. The fourth-order valence-electron chi connectivity index (χ4n) is 3.87. The van der Waals surface area contributed by atoms with Gasteiger partial charge in [-0.2, -0.15) is 0 Å². The molecule has 0 saturated carbocycles. The zero-order valence-electron chi connectivity index (χ0n) is 19.3. The first-order valence-electron chi connectivity index (χ1n) is 11.2. The predicted octanol–water partition coefficient (Wildman–Crippen LogP) is 5.06. The summed E-state index contributed by atoms with van der Waals surface area (Å²) >= 11 is 0. The lowest BCUT2D eigenvalue weighted by atomic mass is 10.1. The van der Waals surface area contributed by atoms with Gasteiger partial charge in [0.15, 0.2) is 9.84 Å². The molecular weight excluding hydrogens is 424 g/mol. The van der Waals surface area contributed by atoms with Gasteiger partial charge in [0.25, 0.3) is 5.91 Å². The molecule has 0 radical (unpaired) electrons. The molecule has 1 aromatic heterocycles. The SMILES string of the molecule is CCCS(=O)(=O)c1ccc(C(=O)Nc2ccc3oc(C)c(CCN(CC)CC)c3c2)cc1. The van der Waals surface area contributed by atoms with Crippen molar-refractivity contribution in [3.05, 3.63) is 59.4 Å². The summed E-state index contributed by atoms with van der Waals surface area (Å²) in [7, 11) is -3.30. The van der Waals surface area contributed by atoms with E-state index in [9.17, 15) is 13.2 Å². The first-order chi connectivity index (χ1) is 15.3. The summed E-state index contributed by atoms with van der Waals surface area (Å²) in [6.07, 6.45) is 1.43. The van der Waals surface area contributed by atoms with Gasteiger partial charge in [0.05, 0.1) is 10.6 Å². The first-order valence-corrected chi connectivity index (χ1v) is 12.8. The average Bonchev–Trinajstić information content (AvgIpc) is 3.09. The van der Waals surface area contributed by atoms with Gasteiger partial charge in [-0.15, -0.1) is 0 Å². The lowest BCUT2D eigenvalue weighted by Gasteiger charge is -2.17. The monoisotopic (exact) mass is 456 g/mol. The van der Waals surface area contributed by atoms with Crippen LogP contribution in [0, 0.1) is 6.92 Å². The Labute approximate surface area is 190 Å². The van der Waals surface area contributed by atoms with Gasteiger partial charge in [-0.25, -0.2) is 8.42 Å². The third-order valence-corrected chi connectivity index (χ3v) is 7.71. The maximum Gasteiger partial charge on any atom is 0.255 e. The Morgan fingerprint density at radius 3 is 2.34 bits per heavy atom. The van der Waals surface area contributed by atoms with Crippen molar-refractivity contribution in [3.8, 4) is 0 Å². The minimum Gasteiger partial charge on any atom is -0.461 e. The van der Waals surface area contributed by atoms with E-state index in [-0.39, 0.29) is 16.6 Å². The van der Waals surface area contributed by atoms with Crippen LogP contribution in [0.2, 0.25) is 0 Å². The van der Waals surface area contributed by atoms with Gasteiger partial charge >= 0.3 is 0 Å². The second-order valence-electron chi connectivity index (χ2n) is 7.92. The molecule has 0 saturated heterocycles. The second kappa shape index (κ2) is 10.3. The van der Waals surface area contributed by atoms with Crippen LogP contribution in [0.15, 0.2) is 51.8 Å². The molecule has 0 spiro atoms. The van der Waals surface area contributed by atoms with E-state index in [1.54, 1.807) is 12.1 Å². The minimum atomic E-state index is -3.30. The Hall–Kier alpha value is -2.64. The number of benzene rings is 2. The Bertz CT molecular complexity index is 1180. The standard InChI is InChI=1S/C25H32N2O4S/c1-5-16-32(29,30)21-11-8-19(9-12-21)25(28)26-20-10-13-24-23(17-20)22(18(4)31-24)14-15-27(6-2)7-3/h8-13,17H,5-7,14-16H2,1-4H3,(H,26,28). The van der Waals surface area contributed by atoms with Crippen molar-refractivity contribution in [1.29, 1.82) is 0 Å². The van der Waals surface area contributed by atoms with Gasteiger partial charge in [-0.3, -0.25) is 4.79 Å². The second-order valence-corrected chi connectivity index (χ2v) is 10.0. The van der Waals surface area contributed by atoms with Crippen LogP contribution in [0.1, 0.15) is 48.9 Å². The molecule has 0 bridgehead atoms. The summed E-state index contributed by atoms with van der Waals surface area (Å²) in [5.41, 5.74) is 3.05. The van der Waals surface area contributed by atoms with E-state index in [2.05, 4.69) is 24.1 Å². The summed E-state index contributed by atoms with van der Waals surface area (Å²) in [4.78, 5) is 15.3. The smallest absolute Gasteiger partial charge is 0.255 e. The van der Waals surface area contributed by atoms with Crippen molar-refractivity contribution in [2.45, 2.75) is 45.4 Å². The van der Waals surface area contributed by atoms with E-state index in [0.29, 0.717) is 17.7 Å². The van der Waals surface area contributed by atoms with Crippen LogP contribution in [-0.4, -0.2) is 44.6 Å². The number of carbonyl (C=O) groups is 1. The Kier molecular flexibility index (Phi) is 7.74. The molecule has 0 fully saturated rings. The van der Waals surface area contributed by atoms with Gasteiger partial charge < -0.3 is 14.6 Å². The van der Waals surface area contributed by atoms with Crippen molar-refractivity contribution in [2.24, 2.45) is 0 Å². The number of aryl methyl sites for hydroxylation is 1. The fourth-order valence-corrected chi connectivity index (χ4v) is 5.20. The number of anilines is 1. The van der Waals surface area contributed by atoms with Crippen LogP contribution in [0.5, 0.6) is 0 Å². The lowest BCUT2D eigenvalue weighted by molar-refractivity contribution is 0.102. The van der Waals surface area contributed by atoms with Gasteiger partial charge in [-0.1, -0.05) is 20.8 Å². The number of sulfone groups is 1. The summed E-state index contributed by atoms with van der Waals surface area (Å²) < 4.78 is 30.3. The van der Waals surface area contributed by atoms with Crippen molar-refractivity contribution in [3.63, 3.8) is 0 Å². The fraction of sp³-hybridized carbons (Fsp3) is 0.400. The number of likely N-dealkylation sites (N-methyl/N-ethyl adjacent to an activating group) is 1. The van der Waals surface area contributed by atoms with Gasteiger partial charge in [0.2, 0.25) is 0 Å². The zero-order chi connectivity index (χ0) is 23.3.